The SMILES string of the molecule is FC(F)(F)c1ccc2c(c1)c1ccccc1n2-c1ccccc1-c1c(-c2nc(-c3ccccc3)cc(-c3ccccc3)n2)cccc1-n1c2ccccc2c2cc(C(F)(F)F)ccc21. The van der Waals surface area contributed by atoms with E-state index in [4.69, 9.17) is 9.97 Å². The van der Waals surface area contributed by atoms with E-state index in [0.717, 1.165) is 23.3 Å². The fraction of sp³-hybridized carbons (Fsp3) is 0.0370. The quantitative estimate of drug-likeness (QED) is 0.156. The van der Waals surface area contributed by atoms with Gasteiger partial charge in [0.15, 0.2) is 5.82 Å². The van der Waals surface area contributed by atoms with Crippen molar-refractivity contribution in [2.75, 3.05) is 0 Å². The van der Waals surface area contributed by atoms with Gasteiger partial charge in [-0.05, 0) is 66.7 Å². The van der Waals surface area contributed by atoms with Crippen LogP contribution in [0.2, 0.25) is 0 Å². The minimum atomic E-state index is -4.57. The second-order valence-corrected chi connectivity index (χ2v) is 15.6. The third-order valence-electron chi connectivity index (χ3n) is 11.8. The van der Waals surface area contributed by atoms with Crippen molar-refractivity contribution >= 4 is 43.6 Å². The molecule has 0 fully saturated rings. The Bertz CT molecular complexity index is 3530. The van der Waals surface area contributed by atoms with Gasteiger partial charge in [0, 0.05) is 49.4 Å². The zero-order valence-corrected chi connectivity index (χ0v) is 33.5. The lowest BCUT2D eigenvalue weighted by atomic mass is 9.94. The molecule has 0 amide bonds. The summed E-state index contributed by atoms with van der Waals surface area (Å²) in [5.41, 5.74) is 7.29. The number of aromatic nitrogens is 4. The minimum absolute atomic E-state index is 0.393. The molecule has 0 atom stereocenters. The maximum atomic E-state index is 14.3. The van der Waals surface area contributed by atoms with Gasteiger partial charge in [-0.15, -0.1) is 0 Å². The van der Waals surface area contributed by atoms with Crippen molar-refractivity contribution in [3.05, 3.63) is 205 Å². The third kappa shape index (κ3) is 6.49. The fourth-order valence-corrected chi connectivity index (χ4v) is 8.97. The van der Waals surface area contributed by atoms with E-state index >= 15 is 0 Å². The first-order valence-electron chi connectivity index (χ1n) is 20.5. The first-order chi connectivity index (χ1) is 31.0. The summed E-state index contributed by atoms with van der Waals surface area (Å²) in [5, 5.41) is 2.13. The molecule has 11 aromatic rings. The van der Waals surface area contributed by atoms with Crippen LogP contribution in [0.1, 0.15) is 11.1 Å². The van der Waals surface area contributed by atoms with Crippen molar-refractivity contribution < 1.29 is 26.3 Å². The number of alkyl halides is 6. The molecule has 310 valence electrons. The fourth-order valence-electron chi connectivity index (χ4n) is 8.97. The van der Waals surface area contributed by atoms with Gasteiger partial charge in [-0.1, -0.05) is 127 Å². The molecule has 8 aromatic carbocycles. The zero-order chi connectivity index (χ0) is 43.7. The molecule has 0 saturated heterocycles. The van der Waals surface area contributed by atoms with Crippen molar-refractivity contribution in [3.8, 4) is 56.4 Å². The average Bonchev–Trinajstić information content (AvgIpc) is 3.83. The van der Waals surface area contributed by atoms with Crippen molar-refractivity contribution in [1.29, 1.82) is 0 Å². The van der Waals surface area contributed by atoms with Crippen LogP contribution in [0.3, 0.4) is 0 Å². The van der Waals surface area contributed by atoms with Crippen LogP contribution in [0, 0.1) is 0 Å². The summed E-state index contributed by atoms with van der Waals surface area (Å²) in [7, 11) is 0. The minimum Gasteiger partial charge on any atom is -0.309 e. The summed E-state index contributed by atoms with van der Waals surface area (Å²) in [6, 6.07) is 57.2. The number of hydrogen-bond donors (Lipinski definition) is 0. The first kappa shape index (κ1) is 38.9. The van der Waals surface area contributed by atoms with Crippen molar-refractivity contribution in [2.24, 2.45) is 0 Å². The molecule has 0 N–H and O–H groups in total. The Morgan fingerprint density at radius 1 is 0.344 bits per heavy atom. The Labute approximate surface area is 362 Å². The largest absolute Gasteiger partial charge is 0.416 e. The van der Waals surface area contributed by atoms with E-state index in [1.165, 1.54) is 24.3 Å². The lowest BCUT2D eigenvalue weighted by Gasteiger charge is -2.21. The molecule has 0 bridgehead atoms. The molecular weight excluding hydrogens is 819 g/mol. The molecule has 11 rings (SSSR count). The number of rotatable bonds is 6. The summed E-state index contributed by atoms with van der Waals surface area (Å²) in [5.74, 6) is 0.393. The molecule has 3 heterocycles. The molecule has 64 heavy (non-hydrogen) atoms. The maximum Gasteiger partial charge on any atom is 0.416 e. The molecule has 4 nitrogen and oxygen atoms in total. The highest BCUT2D eigenvalue weighted by molar-refractivity contribution is 6.12. The smallest absolute Gasteiger partial charge is 0.309 e. The molecule has 0 aliphatic rings. The predicted molar refractivity (Wildman–Crippen MR) is 242 cm³/mol. The Kier molecular flexibility index (Phi) is 9.02. The summed E-state index contributed by atoms with van der Waals surface area (Å²) < 4.78 is 89.4. The topological polar surface area (TPSA) is 35.6 Å². The van der Waals surface area contributed by atoms with E-state index < -0.39 is 23.5 Å². The maximum absolute atomic E-state index is 14.3. The Morgan fingerprint density at radius 2 is 0.766 bits per heavy atom. The zero-order valence-electron chi connectivity index (χ0n) is 33.5. The molecule has 3 aromatic heterocycles. The van der Waals surface area contributed by atoms with E-state index in [9.17, 15) is 26.3 Å². The molecule has 0 aliphatic heterocycles. The highest BCUT2D eigenvalue weighted by Gasteiger charge is 2.33. The van der Waals surface area contributed by atoms with E-state index in [2.05, 4.69) is 0 Å². The summed E-state index contributed by atoms with van der Waals surface area (Å²) >= 11 is 0. The molecule has 0 saturated carbocycles. The van der Waals surface area contributed by atoms with Gasteiger partial charge in [-0.2, -0.15) is 26.3 Å². The molecule has 0 aliphatic carbocycles. The highest BCUT2D eigenvalue weighted by Crippen LogP contribution is 2.46. The highest BCUT2D eigenvalue weighted by atomic mass is 19.4. The van der Waals surface area contributed by atoms with Gasteiger partial charge < -0.3 is 9.13 Å². The lowest BCUT2D eigenvalue weighted by Crippen LogP contribution is -2.06. The predicted octanol–water partition coefficient (Wildman–Crippen LogP) is 15.4. The second-order valence-electron chi connectivity index (χ2n) is 15.6. The van der Waals surface area contributed by atoms with Gasteiger partial charge in [-0.25, -0.2) is 9.97 Å². The van der Waals surface area contributed by atoms with Crippen LogP contribution < -0.4 is 0 Å². The van der Waals surface area contributed by atoms with Crippen molar-refractivity contribution in [2.45, 2.75) is 12.4 Å². The van der Waals surface area contributed by atoms with Gasteiger partial charge in [0.1, 0.15) is 0 Å². The van der Waals surface area contributed by atoms with Crippen LogP contribution in [0.5, 0.6) is 0 Å². The average molecular weight is 851 g/mol. The molecule has 0 radical (unpaired) electrons. The van der Waals surface area contributed by atoms with Gasteiger partial charge >= 0.3 is 12.4 Å². The Morgan fingerprint density at radius 3 is 1.30 bits per heavy atom. The summed E-state index contributed by atoms with van der Waals surface area (Å²) in [6.07, 6.45) is -9.12. The summed E-state index contributed by atoms with van der Waals surface area (Å²) in [6.45, 7) is 0. The van der Waals surface area contributed by atoms with Crippen LogP contribution in [-0.2, 0) is 12.4 Å². The standard InChI is InChI=1S/C54H32F6N4/c55-53(56,57)35-26-28-48-41(30-35)37-18-7-10-22-45(37)63(48)47-24-12-9-20-39(47)51-40(52-61-43(33-14-3-1-4-15-33)32-44(62-52)34-16-5-2-6-17-34)21-13-25-50(51)64-46-23-11-8-19-38(46)42-31-36(54(58,59)60)27-29-49(42)64/h1-32H. The Balaban J connectivity index is 1.27. The van der Waals surface area contributed by atoms with Crippen LogP contribution in [-0.4, -0.2) is 19.1 Å². The van der Waals surface area contributed by atoms with E-state index in [-0.39, 0.29) is 0 Å². The lowest BCUT2D eigenvalue weighted by molar-refractivity contribution is -0.138. The number of nitrogens with zero attached hydrogens (tertiary/aromatic N) is 4. The van der Waals surface area contributed by atoms with Crippen LogP contribution in [0.4, 0.5) is 26.3 Å². The van der Waals surface area contributed by atoms with Crippen LogP contribution in [0.15, 0.2) is 194 Å². The molecule has 0 spiro atoms. The normalized spacial score (nSPS) is 12.2. The summed E-state index contributed by atoms with van der Waals surface area (Å²) in [4.78, 5) is 10.5. The van der Waals surface area contributed by atoms with Gasteiger partial charge in [0.2, 0.25) is 0 Å². The molecular formula is C54H32F6N4. The molecule has 0 unspecified atom stereocenters. The van der Waals surface area contributed by atoms with E-state index in [1.54, 1.807) is 12.1 Å². The third-order valence-corrected chi connectivity index (χ3v) is 11.8. The number of halogens is 6. The number of hydrogen-bond acceptors (Lipinski definition) is 2. The first-order valence-corrected chi connectivity index (χ1v) is 20.5. The van der Waals surface area contributed by atoms with Crippen molar-refractivity contribution in [3.63, 3.8) is 0 Å². The number of para-hydroxylation sites is 3. The Hall–Kier alpha value is -7.98. The van der Waals surface area contributed by atoms with E-state index in [1.807, 2.05) is 155 Å². The van der Waals surface area contributed by atoms with Gasteiger partial charge in [-0.3, -0.25) is 0 Å². The molecule has 10 heteroatoms. The number of fused-ring (bicyclic) bond motifs is 6. The van der Waals surface area contributed by atoms with Crippen LogP contribution >= 0.6 is 0 Å². The van der Waals surface area contributed by atoms with Crippen LogP contribution in [0.25, 0.3) is 100 Å². The monoisotopic (exact) mass is 850 g/mol. The van der Waals surface area contributed by atoms with Crippen molar-refractivity contribution in [1.82, 2.24) is 19.1 Å². The van der Waals surface area contributed by atoms with Gasteiger partial charge in [0.05, 0.1) is 56.0 Å². The van der Waals surface area contributed by atoms with E-state index in [0.29, 0.717) is 88.9 Å². The second kappa shape index (κ2) is 14.8. The van der Waals surface area contributed by atoms with Gasteiger partial charge in [0.25, 0.3) is 0 Å². The number of benzene rings is 8.